The Kier molecular flexibility index (Phi) is 5.48. The van der Waals surface area contributed by atoms with E-state index in [-0.39, 0.29) is 5.91 Å². The van der Waals surface area contributed by atoms with Crippen molar-refractivity contribution in [3.63, 3.8) is 0 Å². The summed E-state index contributed by atoms with van der Waals surface area (Å²) in [5, 5.41) is 7.01. The minimum absolute atomic E-state index is 0.266. The topological polar surface area (TPSA) is 66.9 Å². The number of rotatable bonds is 5. The Balaban J connectivity index is 1.63. The number of halogens is 2. The molecule has 126 valence electrons. The summed E-state index contributed by atoms with van der Waals surface area (Å²) in [6.45, 7) is 0.347. The summed E-state index contributed by atoms with van der Waals surface area (Å²) in [6.07, 6.45) is 3.24. The Bertz CT molecular complexity index is 870. The fraction of sp³-hybridized carbons (Fsp3) is 0.0556. The van der Waals surface area contributed by atoms with E-state index in [9.17, 15) is 4.79 Å². The summed E-state index contributed by atoms with van der Waals surface area (Å²) in [7, 11) is 0. The average Bonchev–Trinajstić information content (AvgIpc) is 2.64. The molecule has 0 fully saturated rings. The van der Waals surface area contributed by atoms with Gasteiger partial charge in [0.25, 0.3) is 5.91 Å². The SMILES string of the molecule is O=C(NCc1ccccn1)c1ccc(Nc2cc(Cl)ccc2Cl)cn1. The van der Waals surface area contributed by atoms with Crippen LogP contribution in [-0.4, -0.2) is 15.9 Å². The molecule has 0 aliphatic heterocycles. The molecule has 0 atom stereocenters. The van der Waals surface area contributed by atoms with Gasteiger partial charge in [-0.05, 0) is 42.5 Å². The third kappa shape index (κ3) is 4.68. The zero-order valence-electron chi connectivity index (χ0n) is 13.0. The molecule has 0 unspecified atom stereocenters. The number of pyridine rings is 2. The van der Waals surface area contributed by atoms with Crippen molar-refractivity contribution in [3.05, 3.63) is 82.4 Å². The van der Waals surface area contributed by atoms with E-state index in [4.69, 9.17) is 23.2 Å². The number of aromatic nitrogens is 2. The summed E-state index contributed by atoms with van der Waals surface area (Å²) < 4.78 is 0. The monoisotopic (exact) mass is 372 g/mol. The zero-order valence-corrected chi connectivity index (χ0v) is 14.6. The molecule has 0 bridgehead atoms. The third-order valence-corrected chi connectivity index (χ3v) is 3.92. The molecule has 0 aliphatic carbocycles. The maximum atomic E-state index is 12.1. The molecule has 1 aromatic carbocycles. The van der Waals surface area contributed by atoms with Gasteiger partial charge in [-0.2, -0.15) is 0 Å². The lowest BCUT2D eigenvalue weighted by molar-refractivity contribution is 0.0945. The van der Waals surface area contributed by atoms with Gasteiger partial charge in [0.2, 0.25) is 0 Å². The van der Waals surface area contributed by atoms with Crippen LogP contribution >= 0.6 is 23.2 Å². The summed E-state index contributed by atoms with van der Waals surface area (Å²) in [6, 6.07) is 14.1. The van der Waals surface area contributed by atoms with Crippen molar-refractivity contribution in [2.75, 3.05) is 5.32 Å². The highest BCUT2D eigenvalue weighted by Gasteiger charge is 2.08. The second kappa shape index (κ2) is 7.96. The summed E-state index contributed by atoms with van der Waals surface area (Å²) in [4.78, 5) is 20.4. The first kappa shape index (κ1) is 17.2. The Hall–Kier alpha value is -2.63. The van der Waals surface area contributed by atoms with Crippen LogP contribution in [0.4, 0.5) is 11.4 Å². The highest BCUT2D eigenvalue weighted by molar-refractivity contribution is 6.35. The Labute approximate surface area is 155 Å². The van der Waals surface area contributed by atoms with Crippen molar-refractivity contribution in [2.45, 2.75) is 6.54 Å². The fourth-order valence-corrected chi connectivity index (χ4v) is 2.45. The number of carbonyl (C=O) groups excluding carboxylic acids is 1. The number of hydrogen-bond donors (Lipinski definition) is 2. The van der Waals surface area contributed by atoms with E-state index in [1.165, 1.54) is 0 Å². The van der Waals surface area contributed by atoms with Gasteiger partial charge in [-0.25, -0.2) is 4.98 Å². The number of hydrogen-bond acceptors (Lipinski definition) is 4. The number of nitrogens with zero attached hydrogens (tertiary/aromatic N) is 2. The van der Waals surface area contributed by atoms with E-state index < -0.39 is 0 Å². The lowest BCUT2D eigenvalue weighted by atomic mass is 10.2. The second-order valence-corrected chi connectivity index (χ2v) is 6.03. The normalized spacial score (nSPS) is 10.3. The largest absolute Gasteiger partial charge is 0.353 e. The van der Waals surface area contributed by atoms with E-state index in [2.05, 4.69) is 20.6 Å². The first-order valence-electron chi connectivity index (χ1n) is 7.48. The van der Waals surface area contributed by atoms with Crippen molar-refractivity contribution in [2.24, 2.45) is 0 Å². The van der Waals surface area contributed by atoms with Gasteiger partial charge in [-0.1, -0.05) is 29.3 Å². The molecule has 2 heterocycles. The van der Waals surface area contributed by atoms with E-state index in [1.807, 2.05) is 18.2 Å². The number of nitrogens with one attached hydrogen (secondary N) is 2. The predicted molar refractivity (Wildman–Crippen MR) is 99.4 cm³/mol. The minimum Gasteiger partial charge on any atom is -0.353 e. The lowest BCUT2D eigenvalue weighted by Crippen LogP contribution is -2.24. The number of anilines is 2. The van der Waals surface area contributed by atoms with Crippen molar-refractivity contribution in [1.29, 1.82) is 0 Å². The van der Waals surface area contributed by atoms with E-state index in [1.54, 1.807) is 42.7 Å². The number of carbonyl (C=O) groups is 1. The molecule has 7 heteroatoms. The van der Waals surface area contributed by atoms with Crippen LogP contribution in [0.25, 0.3) is 0 Å². The maximum absolute atomic E-state index is 12.1. The molecular weight excluding hydrogens is 359 g/mol. The Morgan fingerprint density at radius 3 is 2.64 bits per heavy atom. The van der Waals surface area contributed by atoms with Crippen LogP contribution in [0.1, 0.15) is 16.2 Å². The van der Waals surface area contributed by atoms with Gasteiger partial charge in [0.1, 0.15) is 5.69 Å². The molecule has 3 rings (SSSR count). The third-order valence-electron chi connectivity index (χ3n) is 3.36. The van der Waals surface area contributed by atoms with Crippen LogP contribution in [0.5, 0.6) is 0 Å². The van der Waals surface area contributed by atoms with Crippen molar-refractivity contribution >= 4 is 40.5 Å². The summed E-state index contributed by atoms with van der Waals surface area (Å²) >= 11 is 12.1. The molecule has 0 spiro atoms. The van der Waals surface area contributed by atoms with Gasteiger partial charge in [0, 0.05) is 11.2 Å². The molecule has 0 saturated heterocycles. The maximum Gasteiger partial charge on any atom is 0.270 e. The van der Waals surface area contributed by atoms with Crippen LogP contribution in [0.3, 0.4) is 0 Å². The van der Waals surface area contributed by atoms with E-state index >= 15 is 0 Å². The highest BCUT2D eigenvalue weighted by Crippen LogP contribution is 2.28. The molecule has 3 aromatic rings. The number of benzene rings is 1. The molecule has 0 radical (unpaired) electrons. The van der Waals surface area contributed by atoms with Gasteiger partial charge >= 0.3 is 0 Å². The van der Waals surface area contributed by atoms with Crippen LogP contribution in [0.15, 0.2) is 60.9 Å². The van der Waals surface area contributed by atoms with Crippen LogP contribution in [-0.2, 0) is 6.54 Å². The van der Waals surface area contributed by atoms with Gasteiger partial charge in [0.15, 0.2) is 0 Å². The number of amides is 1. The summed E-state index contributed by atoms with van der Waals surface area (Å²) in [5.41, 5.74) is 2.47. The lowest BCUT2D eigenvalue weighted by Gasteiger charge is -2.09. The first-order valence-corrected chi connectivity index (χ1v) is 8.23. The fourth-order valence-electron chi connectivity index (χ4n) is 2.12. The molecule has 5 nitrogen and oxygen atoms in total. The van der Waals surface area contributed by atoms with E-state index in [0.717, 1.165) is 5.69 Å². The molecular formula is C18H14Cl2N4O. The van der Waals surface area contributed by atoms with Crippen LogP contribution in [0, 0.1) is 0 Å². The molecule has 0 saturated carbocycles. The standard InChI is InChI=1S/C18H14Cl2N4O/c19-12-4-6-15(20)17(9-12)24-14-5-7-16(22-11-14)18(25)23-10-13-3-1-2-8-21-13/h1-9,11,24H,10H2,(H,23,25). The van der Waals surface area contributed by atoms with Crippen molar-refractivity contribution < 1.29 is 4.79 Å². The molecule has 2 N–H and O–H groups in total. The van der Waals surface area contributed by atoms with Crippen molar-refractivity contribution in [1.82, 2.24) is 15.3 Å². The van der Waals surface area contributed by atoms with Gasteiger partial charge < -0.3 is 10.6 Å². The second-order valence-electron chi connectivity index (χ2n) is 5.19. The smallest absolute Gasteiger partial charge is 0.270 e. The quantitative estimate of drug-likeness (QED) is 0.693. The van der Waals surface area contributed by atoms with Gasteiger partial charge in [-0.3, -0.25) is 9.78 Å². The highest BCUT2D eigenvalue weighted by atomic mass is 35.5. The van der Waals surface area contributed by atoms with Crippen molar-refractivity contribution in [3.8, 4) is 0 Å². The Morgan fingerprint density at radius 2 is 1.92 bits per heavy atom. The van der Waals surface area contributed by atoms with Gasteiger partial charge in [-0.15, -0.1) is 0 Å². The summed E-state index contributed by atoms with van der Waals surface area (Å²) in [5.74, 6) is -0.266. The van der Waals surface area contributed by atoms with Gasteiger partial charge in [0.05, 0.1) is 34.8 Å². The predicted octanol–water partition coefficient (Wildman–Crippen LogP) is 4.46. The molecule has 2 aromatic heterocycles. The minimum atomic E-state index is -0.266. The van der Waals surface area contributed by atoms with E-state index in [0.29, 0.717) is 33.7 Å². The first-order chi connectivity index (χ1) is 12.1. The molecule has 0 aliphatic rings. The Morgan fingerprint density at radius 1 is 1.04 bits per heavy atom. The molecule has 1 amide bonds. The average molecular weight is 373 g/mol. The zero-order chi connectivity index (χ0) is 17.6. The van der Waals surface area contributed by atoms with Crippen LogP contribution < -0.4 is 10.6 Å². The van der Waals surface area contributed by atoms with Crippen LogP contribution in [0.2, 0.25) is 10.0 Å². The molecule has 25 heavy (non-hydrogen) atoms.